The molecule has 0 aliphatic carbocycles. The highest BCUT2D eigenvalue weighted by atomic mass is 16.4. The SMILES string of the molecule is Cc1ccccc1CCC(=O)Nc1ccc(CC(=O)NCC(=O)O)cc1. The summed E-state index contributed by atoms with van der Waals surface area (Å²) in [5, 5.41) is 13.7. The first kappa shape index (κ1) is 19.2. The summed E-state index contributed by atoms with van der Waals surface area (Å²) in [6.45, 7) is 1.63. The van der Waals surface area contributed by atoms with E-state index in [4.69, 9.17) is 5.11 Å². The summed E-state index contributed by atoms with van der Waals surface area (Å²) in [5.74, 6) is -1.51. The number of aliphatic carboxylic acids is 1. The van der Waals surface area contributed by atoms with Crippen LogP contribution < -0.4 is 10.6 Å². The molecule has 0 heterocycles. The number of aryl methyl sites for hydroxylation is 2. The van der Waals surface area contributed by atoms with Gasteiger partial charge in [0.2, 0.25) is 11.8 Å². The number of carbonyl (C=O) groups is 3. The molecule has 0 saturated heterocycles. The standard InChI is InChI=1S/C20H22N2O4/c1-14-4-2-3-5-16(14)8-11-18(23)22-17-9-6-15(7-10-17)12-19(24)21-13-20(25)26/h2-7,9-10H,8,11-13H2,1H3,(H,21,24)(H,22,23)(H,25,26). The maximum absolute atomic E-state index is 12.1. The lowest BCUT2D eigenvalue weighted by atomic mass is 10.0. The number of nitrogens with one attached hydrogen (secondary N) is 2. The third-order valence-electron chi connectivity index (χ3n) is 3.92. The zero-order valence-corrected chi connectivity index (χ0v) is 14.6. The molecule has 26 heavy (non-hydrogen) atoms. The molecule has 0 fully saturated rings. The van der Waals surface area contributed by atoms with Crippen LogP contribution in [0.25, 0.3) is 0 Å². The molecule has 0 atom stereocenters. The molecule has 0 aromatic heterocycles. The second-order valence-electron chi connectivity index (χ2n) is 6.02. The van der Waals surface area contributed by atoms with Gasteiger partial charge in [0, 0.05) is 12.1 Å². The first-order chi connectivity index (χ1) is 12.4. The molecule has 136 valence electrons. The summed E-state index contributed by atoms with van der Waals surface area (Å²) < 4.78 is 0. The Morgan fingerprint density at radius 2 is 1.65 bits per heavy atom. The lowest BCUT2D eigenvalue weighted by Gasteiger charge is -2.08. The summed E-state index contributed by atoms with van der Waals surface area (Å²) in [4.78, 5) is 34.1. The third kappa shape index (κ3) is 6.39. The molecule has 2 aromatic rings. The number of carbonyl (C=O) groups excluding carboxylic acids is 2. The number of hydrogen-bond acceptors (Lipinski definition) is 3. The highest BCUT2D eigenvalue weighted by Crippen LogP contribution is 2.13. The zero-order valence-electron chi connectivity index (χ0n) is 14.6. The summed E-state index contributed by atoms with van der Waals surface area (Å²) in [6.07, 6.45) is 1.17. The molecular weight excluding hydrogens is 332 g/mol. The maximum atomic E-state index is 12.1. The van der Waals surface area contributed by atoms with Crippen molar-refractivity contribution in [3.63, 3.8) is 0 Å². The minimum absolute atomic E-state index is 0.0693. The largest absolute Gasteiger partial charge is 0.480 e. The van der Waals surface area contributed by atoms with Crippen LogP contribution in [0, 0.1) is 6.92 Å². The Balaban J connectivity index is 1.81. The average molecular weight is 354 g/mol. The molecule has 0 aliphatic rings. The van der Waals surface area contributed by atoms with E-state index < -0.39 is 12.5 Å². The van der Waals surface area contributed by atoms with Gasteiger partial charge in [0.15, 0.2) is 0 Å². The smallest absolute Gasteiger partial charge is 0.322 e. The van der Waals surface area contributed by atoms with Crippen molar-refractivity contribution in [2.45, 2.75) is 26.2 Å². The fourth-order valence-corrected chi connectivity index (χ4v) is 2.49. The van der Waals surface area contributed by atoms with Crippen LogP contribution in [0.4, 0.5) is 5.69 Å². The van der Waals surface area contributed by atoms with Gasteiger partial charge in [0.1, 0.15) is 6.54 Å². The molecule has 2 aromatic carbocycles. The zero-order chi connectivity index (χ0) is 18.9. The van der Waals surface area contributed by atoms with Gasteiger partial charge in [-0.2, -0.15) is 0 Å². The minimum atomic E-state index is -1.08. The molecular formula is C20H22N2O4. The molecule has 0 unspecified atom stereocenters. The molecule has 2 amide bonds. The number of rotatable bonds is 8. The van der Waals surface area contributed by atoms with Gasteiger partial charge in [-0.25, -0.2) is 0 Å². The third-order valence-corrected chi connectivity index (χ3v) is 3.92. The normalized spacial score (nSPS) is 10.2. The molecule has 0 aliphatic heterocycles. The van der Waals surface area contributed by atoms with Gasteiger partial charge in [0.05, 0.1) is 6.42 Å². The van der Waals surface area contributed by atoms with E-state index in [-0.39, 0.29) is 18.2 Å². The van der Waals surface area contributed by atoms with Crippen molar-refractivity contribution in [2.24, 2.45) is 0 Å². The van der Waals surface area contributed by atoms with Gasteiger partial charge in [0.25, 0.3) is 0 Å². The monoisotopic (exact) mass is 354 g/mol. The second kappa shape index (κ2) is 9.36. The van der Waals surface area contributed by atoms with Crippen LogP contribution in [0.2, 0.25) is 0 Å². The number of carboxylic acids is 1. The van der Waals surface area contributed by atoms with E-state index in [0.29, 0.717) is 18.5 Å². The second-order valence-corrected chi connectivity index (χ2v) is 6.02. The Labute approximate surface area is 152 Å². The Hall–Kier alpha value is -3.15. The minimum Gasteiger partial charge on any atom is -0.480 e. The lowest BCUT2D eigenvalue weighted by Crippen LogP contribution is -2.30. The summed E-state index contributed by atoms with van der Waals surface area (Å²) in [7, 11) is 0. The molecule has 0 radical (unpaired) electrons. The summed E-state index contributed by atoms with van der Waals surface area (Å²) >= 11 is 0. The van der Waals surface area contributed by atoms with E-state index in [9.17, 15) is 14.4 Å². The topological polar surface area (TPSA) is 95.5 Å². The summed E-state index contributed by atoms with van der Waals surface area (Å²) in [6, 6.07) is 14.9. The van der Waals surface area contributed by atoms with E-state index in [2.05, 4.69) is 10.6 Å². The Morgan fingerprint density at radius 3 is 2.31 bits per heavy atom. The fraction of sp³-hybridized carbons (Fsp3) is 0.250. The number of carboxylic acid groups (broad SMARTS) is 1. The van der Waals surface area contributed by atoms with E-state index in [1.54, 1.807) is 24.3 Å². The van der Waals surface area contributed by atoms with Crippen LogP contribution >= 0.6 is 0 Å². The molecule has 2 rings (SSSR count). The van der Waals surface area contributed by atoms with Gasteiger partial charge >= 0.3 is 5.97 Å². The summed E-state index contributed by atoms with van der Waals surface area (Å²) in [5.41, 5.74) is 3.73. The predicted molar refractivity (Wildman–Crippen MR) is 98.9 cm³/mol. The van der Waals surface area contributed by atoms with Crippen LogP contribution in [0.1, 0.15) is 23.1 Å². The predicted octanol–water partition coefficient (Wildman–Crippen LogP) is 2.31. The highest BCUT2D eigenvalue weighted by molar-refractivity contribution is 5.91. The molecule has 0 bridgehead atoms. The quantitative estimate of drug-likeness (QED) is 0.678. The van der Waals surface area contributed by atoms with E-state index in [1.165, 1.54) is 5.56 Å². The molecule has 3 N–H and O–H groups in total. The van der Waals surface area contributed by atoms with Crippen molar-refractivity contribution in [3.8, 4) is 0 Å². The van der Waals surface area contributed by atoms with E-state index >= 15 is 0 Å². The van der Waals surface area contributed by atoms with E-state index in [0.717, 1.165) is 11.1 Å². The lowest BCUT2D eigenvalue weighted by molar-refractivity contribution is -0.137. The van der Waals surface area contributed by atoms with Crippen LogP contribution in [0.3, 0.4) is 0 Å². The number of hydrogen-bond donors (Lipinski definition) is 3. The van der Waals surface area contributed by atoms with Crippen molar-refractivity contribution in [2.75, 3.05) is 11.9 Å². The Kier molecular flexibility index (Phi) is 6.91. The fourth-order valence-electron chi connectivity index (χ4n) is 2.49. The van der Waals surface area contributed by atoms with Crippen LogP contribution in [-0.2, 0) is 27.2 Å². The number of amides is 2. The van der Waals surface area contributed by atoms with Gasteiger partial charge in [-0.05, 0) is 42.2 Å². The van der Waals surface area contributed by atoms with Crippen LogP contribution in [0.5, 0.6) is 0 Å². The van der Waals surface area contributed by atoms with Gasteiger partial charge < -0.3 is 15.7 Å². The molecule has 0 spiro atoms. The van der Waals surface area contributed by atoms with Crippen molar-refractivity contribution >= 4 is 23.5 Å². The van der Waals surface area contributed by atoms with Gasteiger partial charge in [-0.15, -0.1) is 0 Å². The van der Waals surface area contributed by atoms with Gasteiger partial charge in [-0.3, -0.25) is 14.4 Å². The Morgan fingerprint density at radius 1 is 0.962 bits per heavy atom. The van der Waals surface area contributed by atoms with Gasteiger partial charge in [-0.1, -0.05) is 36.4 Å². The van der Waals surface area contributed by atoms with Crippen LogP contribution in [-0.4, -0.2) is 29.4 Å². The maximum Gasteiger partial charge on any atom is 0.322 e. The number of benzene rings is 2. The average Bonchev–Trinajstić information content (AvgIpc) is 2.61. The van der Waals surface area contributed by atoms with Crippen molar-refractivity contribution in [1.82, 2.24) is 5.32 Å². The molecule has 6 nitrogen and oxygen atoms in total. The molecule has 0 saturated carbocycles. The first-order valence-electron chi connectivity index (χ1n) is 8.36. The number of anilines is 1. The molecule has 6 heteroatoms. The Bertz CT molecular complexity index is 785. The highest BCUT2D eigenvalue weighted by Gasteiger charge is 2.07. The van der Waals surface area contributed by atoms with Crippen molar-refractivity contribution in [3.05, 3.63) is 65.2 Å². The van der Waals surface area contributed by atoms with Crippen LogP contribution in [0.15, 0.2) is 48.5 Å². The van der Waals surface area contributed by atoms with Crippen molar-refractivity contribution in [1.29, 1.82) is 0 Å². The van der Waals surface area contributed by atoms with E-state index in [1.807, 2.05) is 31.2 Å². The van der Waals surface area contributed by atoms with Crippen molar-refractivity contribution < 1.29 is 19.5 Å². The first-order valence-corrected chi connectivity index (χ1v) is 8.36.